The van der Waals surface area contributed by atoms with Crippen LogP contribution in [0.3, 0.4) is 0 Å². The number of fused-ring (bicyclic) bond motifs is 3. The van der Waals surface area contributed by atoms with E-state index in [1.165, 1.54) is 18.2 Å². The van der Waals surface area contributed by atoms with E-state index in [-0.39, 0.29) is 35.0 Å². The minimum absolute atomic E-state index is 0.112. The summed E-state index contributed by atoms with van der Waals surface area (Å²) >= 11 is 0. The molecule has 1 amide bonds. The molecule has 3 aliphatic rings. The Labute approximate surface area is 141 Å². The fraction of sp³-hybridized carbons (Fsp3) is 0.412. The van der Waals surface area contributed by atoms with Crippen LogP contribution in [0.5, 0.6) is 11.5 Å². The van der Waals surface area contributed by atoms with E-state index in [1.54, 1.807) is 0 Å². The highest BCUT2D eigenvalue weighted by molar-refractivity contribution is 5.93. The van der Waals surface area contributed by atoms with Gasteiger partial charge in [-0.25, -0.2) is 0 Å². The number of amides is 1. The molecule has 8 heteroatoms. The molecule has 6 nitrogen and oxygen atoms in total. The number of allylic oxidation sites excluding steroid dienone is 2. The Morgan fingerprint density at radius 2 is 2.00 bits per heavy atom. The summed E-state index contributed by atoms with van der Waals surface area (Å²) in [5.74, 6) is -0.767. The molecule has 3 atom stereocenters. The molecule has 2 aliphatic carbocycles. The van der Waals surface area contributed by atoms with Crippen molar-refractivity contribution < 1.29 is 32.6 Å². The molecule has 1 heterocycles. The molecule has 1 aromatic carbocycles. The van der Waals surface area contributed by atoms with E-state index in [4.69, 9.17) is 4.74 Å². The maximum atomic E-state index is 13.0. The summed E-state index contributed by atoms with van der Waals surface area (Å²) in [5.41, 5.74) is 0.240. The normalized spacial score (nSPS) is 27.4. The molecule has 25 heavy (non-hydrogen) atoms. The third-order valence-corrected chi connectivity index (χ3v) is 4.61. The van der Waals surface area contributed by atoms with Crippen molar-refractivity contribution in [3.63, 3.8) is 0 Å². The van der Waals surface area contributed by atoms with Crippen molar-refractivity contribution in [1.82, 2.24) is 0 Å². The van der Waals surface area contributed by atoms with Crippen molar-refractivity contribution in [2.24, 2.45) is 17.8 Å². The van der Waals surface area contributed by atoms with Crippen LogP contribution in [-0.2, 0) is 14.3 Å². The van der Waals surface area contributed by atoms with E-state index in [0.717, 1.165) is 12.8 Å². The molecule has 1 aromatic rings. The number of anilines is 1. The molecule has 0 radical (unpaired) electrons. The van der Waals surface area contributed by atoms with Crippen molar-refractivity contribution >= 4 is 17.6 Å². The SMILES string of the molecule is O=C(COC(=O)[C@H]1C[C@@H]2C=C[C@H]1C2)Nc1ccc2c(c1)OC(F)(F)O2. The van der Waals surface area contributed by atoms with E-state index < -0.39 is 18.8 Å². The van der Waals surface area contributed by atoms with Gasteiger partial charge in [0.2, 0.25) is 0 Å². The summed E-state index contributed by atoms with van der Waals surface area (Å²) < 4.78 is 39.6. The lowest BCUT2D eigenvalue weighted by atomic mass is 9.94. The summed E-state index contributed by atoms with van der Waals surface area (Å²) in [6.45, 7) is -0.430. The number of esters is 1. The number of hydrogen-bond acceptors (Lipinski definition) is 5. The topological polar surface area (TPSA) is 73.9 Å². The van der Waals surface area contributed by atoms with Gasteiger partial charge in [-0.15, -0.1) is 8.78 Å². The molecule has 2 bridgehead atoms. The molecule has 0 saturated heterocycles. The Hall–Kier alpha value is -2.64. The summed E-state index contributed by atoms with van der Waals surface area (Å²) in [7, 11) is 0. The number of carbonyl (C=O) groups is 2. The van der Waals surface area contributed by atoms with E-state index in [2.05, 4.69) is 20.9 Å². The first-order valence-electron chi connectivity index (χ1n) is 7.94. The lowest BCUT2D eigenvalue weighted by molar-refractivity contribution is -0.286. The van der Waals surface area contributed by atoms with Crippen molar-refractivity contribution in [2.45, 2.75) is 19.1 Å². The van der Waals surface area contributed by atoms with Gasteiger partial charge in [0.05, 0.1) is 5.92 Å². The molecule has 1 fully saturated rings. The van der Waals surface area contributed by atoms with Gasteiger partial charge in [-0.05, 0) is 36.8 Å². The summed E-state index contributed by atoms with van der Waals surface area (Å²) in [6.07, 6.45) is 2.16. The van der Waals surface area contributed by atoms with Crippen LogP contribution in [0.15, 0.2) is 30.4 Å². The van der Waals surface area contributed by atoms with Gasteiger partial charge in [-0.1, -0.05) is 12.2 Å². The van der Waals surface area contributed by atoms with Crippen molar-refractivity contribution in [2.75, 3.05) is 11.9 Å². The van der Waals surface area contributed by atoms with Gasteiger partial charge in [0.15, 0.2) is 18.1 Å². The van der Waals surface area contributed by atoms with E-state index in [1.807, 2.05) is 6.08 Å². The Bertz CT molecular complexity index is 763. The van der Waals surface area contributed by atoms with Gasteiger partial charge >= 0.3 is 12.3 Å². The highest BCUT2D eigenvalue weighted by atomic mass is 19.3. The largest absolute Gasteiger partial charge is 0.586 e. The number of ether oxygens (including phenoxy) is 3. The van der Waals surface area contributed by atoms with Gasteiger partial charge in [0.1, 0.15) is 0 Å². The highest BCUT2D eigenvalue weighted by Crippen LogP contribution is 2.44. The number of alkyl halides is 2. The number of halogens is 2. The van der Waals surface area contributed by atoms with Gasteiger partial charge in [0, 0.05) is 11.8 Å². The first-order chi connectivity index (χ1) is 11.9. The lowest BCUT2D eigenvalue weighted by Crippen LogP contribution is -2.26. The smallest absolute Gasteiger partial charge is 0.455 e. The fourth-order valence-electron chi connectivity index (χ4n) is 3.52. The molecule has 1 N–H and O–H groups in total. The zero-order valence-corrected chi connectivity index (χ0v) is 13.0. The van der Waals surface area contributed by atoms with Gasteiger partial charge in [-0.2, -0.15) is 0 Å². The molecule has 1 saturated carbocycles. The van der Waals surface area contributed by atoms with Crippen LogP contribution in [0, 0.1) is 17.8 Å². The van der Waals surface area contributed by atoms with E-state index in [0.29, 0.717) is 5.92 Å². The average molecular weight is 351 g/mol. The van der Waals surface area contributed by atoms with Crippen LogP contribution in [0.2, 0.25) is 0 Å². The zero-order valence-electron chi connectivity index (χ0n) is 13.0. The average Bonchev–Trinajstić information content (AvgIpc) is 3.24. The molecule has 0 unspecified atom stereocenters. The van der Waals surface area contributed by atoms with Crippen LogP contribution in [-0.4, -0.2) is 24.8 Å². The lowest BCUT2D eigenvalue weighted by Gasteiger charge is -2.16. The standard InChI is InChI=1S/C17H15F2NO5/c18-17(19)24-13-4-3-11(7-14(13)25-17)20-15(21)8-23-16(22)12-6-9-1-2-10(12)5-9/h1-4,7,9-10,12H,5-6,8H2,(H,20,21)/t9-,10+,12+/m1/s1. The molecule has 4 rings (SSSR count). The summed E-state index contributed by atoms with van der Waals surface area (Å²) in [4.78, 5) is 24.0. The van der Waals surface area contributed by atoms with Crippen LogP contribution < -0.4 is 14.8 Å². The maximum Gasteiger partial charge on any atom is 0.586 e. The number of hydrogen-bond donors (Lipinski definition) is 1. The van der Waals surface area contributed by atoms with Crippen molar-refractivity contribution in [3.8, 4) is 11.5 Å². The third kappa shape index (κ3) is 3.16. The molecule has 132 valence electrons. The van der Waals surface area contributed by atoms with Crippen molar-refractivity contribution in [3.05, 3.63) is 30.4 Å². The molecule has 0 spiro atoms. The molecular formula is C17H15F2NO5. The first-order valence-corrected chi connectivity index (χ1v) is 7.94. The second-order valence-corrected chi connectivity index (χ2v) is 6.37. The Balaban J connectivity index is 1.30. The maximum absolute atomic E-state index is 13.0. The minimum atomic E-state index is -3.71. The molecule has 1 aliphatic heterocycles. The number of benzene rings is 1. The monoisotopic (exact) mass is 351 g/mol. The Kier molecular flexibility index (Phi) is 3.63. The van der Waals surface area contributed by atoms with Crippen molar-refractivity contribution in [1.29, 1.82) is 0 Å². The Morgan fingerprint density at radius 1 is 1.20 bits per heavy atom. The van der Waals surface area contributed by atoms with Gasteiger partial charge in [-0.3, -0.25) is 9.59 Å². The second-order valence-electron chi connectivity index (χ2n) is 6.37. The van der Waals surface area contributed by atoms with Crippen LogP contribution in [0.25, 0.3) is 0 Å². The third-order valence-electron chi connectivity index (χ3n) is 4.61. The summed E-state index contributed by atoms with van der Waals surface area (Å²) in [5, 5.41) is 2.47. The molecular weight excluding hydrogens is 336 g/mol. The highest BCUT2D eigenvalue weighted by Gasteiger charge is 2.43. The predicted molar refractivity (Wildman–Crippen MR) is 81.1 cm³/mol. The van der Waals surface area contributed by atoms with Gasteiger partial charge in [0.25, 0.3) is 5.91 Å². The van der Waals surface area contributed by atoms with Crippen LogP contribution >= 0.6 is 0 Å². The first kappa shape index (κ1) is 15.9. The number of carbonyl (C=O) groups excluding carboxylic acids is 2. The van der Waals surface area contributed by atoms with Crippen LogP contribution in [0.1, 0.15) is 12.8 Å². The molecule has 0 aromatic heterocycles. The Morgan fingerprint density at radius 3 is 2.72 bits per heavy atom. The predicted octanol–water partition coefficient (Wildman–Crippen LogP) is 2.70. The van der Waals surface area contributed by atoms with Gasteiger partial charge < -0.3 is 19.5 Å². The zero-order chi connectivity index (χ0) is 17.6. The number of rotatable bonds is 4. The quantitative estimate of drug-likeness (QED) is 0.667. The van der Waals surface area contributed by atoms with E-state index >= 15 is 0 Å². The second kappa shape index (κ2) is 5.72. The van der Waals surface area contributed by atoms with E-state index in [9.17, 15) is 18.4 Å². The number of nitrogens with one attached hydrogen (secondary N) is 1. The summed E-state index contributed by atoms with van der Waals surface area (Å²) in [6, 6.07) is 3.88. The fourth-order valence-corrected chi connectivity index (χ4v) is 3.52. The van der Waals surface area contributed by atoms with Crippen LogP contribution in [0.4, 0.5) is 14.5 Å². The minimum Gasteiger partial charge on any atom is -0.455 e.